The van der Waals surface area contributed by atoms with Gasteiger partial charge in [-0.05, 0) is 17.7 Å². The number of hydrogen-bond acceptors (Lipinski definition) is 5. The van der Waals surface area contributed by atoms with Crippen molar-refractivity contribution in [2.24, 2.45) is 0 Å². The molecule has 0 aliphatic heterocycles. The van der Waals surface area contributed by atoms with Crippen LogP contribution in [0.2, 0.25) is 0 Å². The van der Waals surface area contributed by atoms with Crippen LogP contribution in [0.5, 0.6) is 0 Å². The summed E-state index contributed by atoms with van der Waals surface area (Å²) in [6.45, 7) is 0. The number of thioether (sulfide) groups is 1. The van der Waals surface area contributed by atoms with Crippen LogP contribution in [0.4, 0.5) is 0 Å². The Kier molecular flexibility index (Phi) is 6.44. The largest absolute Gasteiger partial charge is 0.467 e. The number of hydrogen-bond donors (Lipinski definition) is 1. The highest BCUT2D eigenvalue weighted by Crippen LogP contribution is 2.19. The van der Waals surface area contributed by atoms with E-state index in [2.05, 4.69) is 10.3 Å². The lowest BCUT2D eigenvalue weighted by molar-refractivity contribution is -0.144. The second-order valence-electron chi connectivity index (χ2n) is 5.96. The molecule has 0 bridgehead atoms. The van der Waals surface area contributed by atoms with Gasteiger partial charge in [0, 0.05) is 11.8 Å². The maximum absolute atomic E-state index is 12.3. The minimum Gasteiger partial charge on any atom is -0.467 e. The molecule has 6 heteroatoms. The Balaban J connectivity index is 1.60. The number of fused-ring (bicyclic) bond motifs is 1. The van der Waals surface area contributed by atoms with E-state index in [4.69, 9.17) is 4.74 Å². The molecule has 0 spiro atoms. The first kappa shape index (κ1) is 18.9. The van der Waals surface area contributed by atoms with E-state index in [1.807, 2.05) is 66.7 Å². The minimum absolute atomic E-state index is 0.174. The number of esters is 1. The summed E-state index contributed by atoms with van der Waals surface area (Å²) in [7, 11) is 1.32. The van der Waals surface area contributed by atoms with Crippen molar-refractivity contribution in [2.45, 2.75) is 17.5 Å². The summed E-state index contributed by atoms with van der Waals surface area (Å²) in [5, 5.41) is 4.58. The molecule has 0 saturated heterocycles. The van der Waals surface area contributed by atoms with E-state index in [-0.39, 0.29) is 11.7 Å². The fourth-order valence-corrected chi connectivity index (χ4v) is 3.38. The summed E-state index contributed by atoms with van der Waals surface area (Å²) < 4.78 is 4.82. The third-order valence-electron chi connectivity index (χ3n) is 4.03. The number of methoxy groups -OCH3 is 1. The van der Waals surface area contributed by atoms with Crippen LogP contribution < -0.4 is 5.32 Å². The highest BCUT2D eigenvalue weighted by molar-refractivity contribution is 7.99. The number of rotatable bonds is 7. The highest BCUT2D eigenvalue weighted by atomic mass is 32.2. The van der Waals surface area contributed by atoms with Crippen LogP contribution in [-0.4, -0.2) is 35.8 Å². The molecule has 1 heterocycles. The average Bonchev–Trinajstić information content (AvgIpc) is 2.71. The summed E-state index contributed by atoms with van der Waals surface area (Å²) in [6.07, 6.45) is 0.387. The van der Waals surface area contributed by atoms with E-state index >= 15 is 0 Å². The number of amides is 1. The van der Waals surface area contributed by atoms with Gasteiger partial charge in [0.2, 0.25) is 5.91 Å². The number of carbonyl (C=O) groups is 2. The second kappa shape index (κ2) is 9.19. The molecule has 1 aromatic heterocycles. The Hall–Kier alpha value is -2.86. The van der Waals surface area contributed by atoms with Crippen molar-refractivity contribution in [3.8, 4) is 0 Å². The standard InChI is InChI=1S/C21H20N2O3S/c1-26-21(25)18(13-15-7-3-2-4-8-15)22-19(24)14-27-20-12-11-16-9-5-6-10-17(16)23-20/h2-12,18H,13-14H2,1H3,(H,22,24). The summed E-state index contributed by atoms with van der Waals surface area (Å²) in [5.41, 5.74) is 1.84. The summed E-state index contributed by atoms with van der Waals surface area (Å²) in [4.78, 5) is 28.9. The quantitative estimate of drug-likeness (QED) is 0.503. The Morgan fingerprint density at radius 1 is 1.04 bits per heavy atom. The molecule has 3 aromatic rings. The molecule has 1 amide bonds. The van der Waals surface area contributed by atoms with Crippen molar-refractivity contribution >= 4 is 34.5 Å². The molecule has 0 saturated carbocycles. The predicted octanol–water partition coefficient (Wildman–Crippen LogP) is 3.23. The lowest BCUT2D eigenvalue weighted by atomic mass is 10.1. The van der Waals surface area contributed by atoms with E-state index in [0.717, 1.165) is 21.5 Å². The van der Waals surface area contributed by atoms with E-state index in [9.17, 15) is 9.59 Å². The smallest absolute Gasteiger partial charge is 0.328 e. The second-order valence-corrected chi connectivity index (χ2v) is 6.96. The monoisotopic (exact) mass is 380 g/mol. The van der Waals surface area contributed by atoms with Gasteiger partial charge >= 0.3 is 5.97 Å². The number of carbonyl (C=O) groups excluding carboxylic acids is 2. The van der Waals surface area contributed by atoms with Gasteiger partial charge in [-0.15, -0.1) is 0 Å². The van der Waals surface area contributed by atoms with Gasteiger partial charge in [-0.3, -0.25) is 4.79 Å². The van der Waals surface area contributed by atoms with Crippen LogP contribution >= 0.6 is 11.8 Å². The van der Waals surface area contributed by atoms with Gasteiger partial charge in [0.05, 0.1) is 23.4 Å². The maximum atomic E-state index is 12.3. The third-order valence-corrected chi connectivity index (χ3v) is 4.96. The number of pyridine rings is 1. The van der Waals surface area contributed by atoms with Gasteiger partial charge in [-0.2, -0.15) is 0 Å². The van der Waals surface area contributed by atoms with Crippen molar-refractivity contribution in [2.75, 3.05) is 12.9 Å². The Morgan fingerprint density at radius 3 is 2.56 bits per heavy atom. The number of aromatic nitrogens is 1. The molecule has 1 N–H and O–H groups in total. The van der Waals surface area contributed by atoms with E-state index in [0.29, 0.717) is 6.42 Å². The van der Waals surface area contributed by atoms with Crippen molar-refractivity contribution in [1.29, 1.82) is 0 Å². The zero-order chi connectivity index (χ0) is 19.1. The lowest BCUT2D eigenvalue weighted by Gasteiger charge is -2.16. The number of benzene rings is 2. The molecule has 138 valence electrons. The van der Waals surface area contributed by atoms with Gasteiger partial charge in [0.25, 0.3) is 0 Å². The zero-order valence-corrected chi connectivity index (χ0v) is 15.7. The summed E-state index contributed by atoms with van der Waals surface area (Å²) in [5.74, 6) is -0.518. The first-order chi connectivity index (χ1) is 13.2. The zero-order valence-electron chi connectivity index (χ0n) is 14.9. The molecule has 2 aromatic carbocycles. The van der Waals surface area contributed by atoms with Crippen LogP contribution in [0, 0.1) is 0 Å². The summed E-state index contributed by atoms with van der Waals surface area (Å²) >= 11 is 1.34. The van der Waals surface area contributed by atoms with E-state index < -0.39 is 12.0 Å². The SMILES string of the molecule is COC(=O)C(Cc1ccccc1)NC(=O)CSc1ccc2ccccc2n1. The fourth-order valence-electron chi connectivity index (χ4n) is 2.69. The number of nitrogens with one attached hydrogen (secondary N) is 1. The molecule has 5 nitrogen and oxygen atoms in total. The third kappa shape index (κ3) is 5.31. The molecule has 0 radical (unpaired) electrons. The molecule has 3 rings (SSSR count). The number of para-hydroxylation sites is 1. The first-order valence-electron chi connectivity index (χ1n) is 8.55. The topological polar surface area (TPSA) is 68.3 Å². The summed E-state index contributed by atoms with van der Waals surface area (Å²) in [6, 6.07) is 20.5. The van der Waals surface area contributed by atoms with Crippen LogP contribution in [0.3, 0.4) is 0 Å². The van der Waals surface area contributed by atoms with Gasteiger partial charge in [0.15, 0.2) is 0 Å². The lowest BCUT2D eigenvalue weighted by Crippen LogP contribution is -2.43. The normalized spacial score (nSPS) is 11.7. The number of ether oxygens (including phenoxy) is 1. The van der Waals surface area contributed by atoms with Gasteiger partial charge < -0.3 is 10.1 Å². The molecular formula is C21H20N2O3S. The molecule has 0 fully saturated rings. The maximum Gasteiger partial charge on any atom is 0.328 e. The fraction of sp³-hybridized carbons (Fsp3) is 0.190. The van der Waals surface area contributed by atoms with Crippen molar-refractivity contribution in [3.05, 3.63) is 72.3 Å². The molecule has 27 heavy (non-hydrogen) atoms. The van der Waals surface area contributed by atoms with Crippen molar-refractivity contribution in [1.82, 2.24) is 10.3 Å². The molecule has 0 aliphatic carbocycles. The van der Waals surface area contributed by atoms with Crippen molar-refractivity contribution < 1.29 is 14.3 Å². The van der Waals surface area contributed by atoms with Gasteiger partial charge in [0.1, 0.15) is 6.04 Å². The number of nitrogens with zero attached hydrogens (tertiary/aromatic N) is 1. The Bertz CT molecular complexity index is 931. The van der Waals surface area contributed by atoms with Crippen LogP contribution in [0.15, 0.2) is 71.8 Å². The van der Waals surface area contributed by atoms with Gasteiger partial charge in [-0.1, -0.05) is 66.4 Å². The minimum atomic E-state index is -0.713. The molecule has 0 aliphatic rings. The molecule has 1 atom stereocenters. The van der Waals surface area contributed by atoms with Crippen molar-refractivity contribution in [3.63, 3.8) is 0 Å². The average molecular weight is 380 g/mol. The highest BCUT2D eigenvalue weighted by Gasteiger charge is 2.22. The molecule has 1 unspecified atom stereocenters. The Labute approximate surface area is 162 Å². The van der Waals surface area contributed by atoms with Crippen LogP contribution in [0.25, 0.3) is 10.9 Å². The van der Waals surface area contributed by atoms with Crippen LogP contribution in [0.1, 0.15) is 5.56 Å². The molecular weight excluding hydrogens is 360 g/mol. The Morgan fingerprint density at radius 2 is 1.78 bits per heavy atom. The van der Waals surface area contributed by atoms with E-state index in [1.54, 1.807) is 0 Å². The van der Waals surface area contributed by atoms with Gasteiger partial charge in [-0.25, -0.2) is 9.78 Å². The van der Waals surface area contributed by atoms with E-state index in [1.165, 1.54) is 18.9 Å². The first-order valence-corrected chi connectivity index (χ1v) is 9.54. The predicted molar refractivity (Wildman–Crippen MR) is 107 cm³/mol. The van der Waals surface area contributed by atoms with Crippen LogP contribution in [-0.2, 0) is 20.7 Å².